The van der Waals surface area contributed by atoms with Crippen LogP contribution in [0.4, 0.5) is 0 Å². The molecule has 0 saturated carbocycles. The molecular formula is C21H31IN6O. The topological polar surface area (TPSA) is 67.6 Å². The van der Waals surface area contributed by atoms with Crippen LogP contribution in [0.25, 0.3) is 0 Å². The third kappa shape index (κ3) is 5.48. The summed E-state index contributed by atoms with van der Waals surface area (Å²) in [6.45, 7) is 6.16. The highest BCUT2D eigenvalue weighted by Crippen LogP contribution is 2.27. The molecule has 2 aromatic rings. The SMILES string of the molecule is Cc1nnc(CN=C(NCC2CCCO2)N2CCC(c3ccccc3)C2)n1C.I. The molecule has 0 bridgehead atoms. The van der Waals surface area contributed by atoms with Crippen molar-refractivity contribution in [3.63, 3.8) is 0 Å². The molecule has 0 spiro atoms. The molecule has 2 fully saturated rings. The number of ether oxygens (including phenoxy) is 1. The number of aryl methyl sites for hydroxylation is 1. The van der Waals surface area contributed by atoms with Gasteiger partial charge in [0.15, 0.2) is 11.8 Å². The Hall–Kier alpha value is -1.68. The lowest BCUT2D eigenvalue weighted by Crippen LogP contribution is -2.43. The quantitative estimate of drug-likeness (QED) is 0.381. The molecule has 158 valence electrons. The first-order valence-corrected chi connectivity index (χ1v) is 10.3. The van der Waals surface area contributed by atoms with Crippen LogP contribution in [0.1, 0.15) is 42.4 Å². The van der Waals surface area contributed by atoms with E-state index in [0.717, 1.165) is 63.1 Å². The molecule has 0 amide bonds. The van der Waals surface area contributed by atoms with Crippen molar-refractivity contribution in [2.75, 3.05) is 26.2 Å². The van der Waals surface area contributed by atoms with Gasteiger partial charge < -0.3 is 19.5 Å². The van der Waals surface area contributed by atoms with E-state index in [1.54, 1.807) is 0 Å². The van der Waals surface area contributed by atoms with Crippen LogP contribution in [0.3, 0.4) is 0 Å². The number of hydrogen-bond acceptors (Lipinski definition) is 4. The van der Waals surface area contributed by atoms with E-state index in [9.17, 15) is 0 Å². The number of nitrogens with zero attached hydrogens (tertiary/aromatic N) is 5. The average molecular weight is 510 g/mol. The highest BCUT2D eigenvalue weighted by atomic mass is 127. The second-order valence-corrected chi connectivity index (χ2v) is 7.72. The standard InChI is InChI=1S/C21H30N6O.HI/c1-16-24-25-20(26(16)2)14-23-21(22-13-19-9-6-12-28-19)27-11-10-18(15-27)17-7-4-3-5-8-17;/h3-5,7-8,18-19H,6,9-15H2,1-2H3,(H,22,23);1H. The van der Waals surface area contributed by atoms with Crippen LogP contribution in [-0.4, -0.2) is 58.0 Å². The Balaban J connectivity index is 0.00000240. The first-order valence-electron chi connectivity index (χ1n) is 10.3. The summed E-state index contributed by atoms with van der Waals surface area (Å²) in [4.78, 5) is 7.26. The molecule has 29 heavy (non-hydrogen) atoms. The molecule has 2 atom stereocenters. The van der Waals surface area contributed by atoms with Gasteiger partial charge in [-0.1, -0.05) is 30.3 Å². The van der Waals surface area contributed by atoms with Crippen LogP contribution in [0, 0.1) is 6.92 Å². The van der Waals surface area contributed by atoms with Gasteiger partial charge in [0.25, 0.3) is 0 Å². The largest absolute Gasteiger partial charge is 0.376 e. The fraction of sp³-hybridized carbons (Fsp3) is 0.571. The zero-order chi connectivity index (χ0) is 19.3. The number of halogens is 1. The number of hydrogen-bond donors (Lipinski definition) is 1. The van der Waals surface area contributed by atoms with Crippen molar-refractivity contribution in [2.24, 2.45) is 12.0 Å². The Bertz CT molecular complexity index is 803. The summed E-state index contributed by atoms with van der Waals surface area (Å²) in [7, 11) is 1.99. The van der Waals surface area contributed by atoms with E-state index in [4.69, 9.17) is 9.73 Å². The minimum Gasteiger partial charge on any atom is -0.376 e. The molecule has 7 nitrogen and oxygen atoms in total. The van der Waals surface area contributed by atoms with E-state index in [2.05, 4.69) is 50.7 Å². The van der Waals surface area contributed by atoms with E-state index in [1.165, 1.54) is 5.56 Å². The van der Waals surface area contributed by atoms with Gasteiger partial charge in [-0.25, -0.2) is 4.99 Å². The van der Waals surface area contributed by atoms with Crippen molar-refractivity contribution in [1.29, 1.82) is 0 Å². The number of rotatable bonds is 5. The van der Waals surface area contributed by atoms with Gasteiger partial charge in [-0.15, -0.1) is 34.2 Å². The van der Waals surface area contributed by atoms with E-state index in [1.807, 2.05) is 18.5 Å². The maximum atomic E-state index is 5.78. The summed E-state index contributed by atoms with van der Waals surface area (Å²) in [5, 5.41) is 12.0. The predicted octanol–water partition coefficient (Wildman–Crippen LogP) is 2.86. The predicted molar refractivity (Wildman–Crippen MR) is 125 cm³/mol. The van der Waals surface area contributed by atoms with E-state index < -0.39 is 0 Å². The molecule has 0 aliphatic carbocycles. The summed E-state index contributed by atoms with van der Waals surface area (Å²) < 4.78 is 7.78. The maximum Gasteiger partial charge on any atom is 0.194 e. The lowest BCUT2D eigenvalue weighted by Gasteiger charge is -2.23. The number of guanidine groups is 1. The van der Waals surface area contributed by atoms with Crippen LogP contribution in [0.5, 0.6) is 0 Å². The van der Waals surface area contributed by atoms with Gasteiger partial charge >= 0.3 is 0 Å². The number of aromatic nitrogens is 3. The molecular weight excluding hydrogens is 479 g/mol. The van der Waals surface area contributed by atoms with Crippen molar-refractivity contribution >= 4 is 29.9 Å². The van der Waals surface area contributed by atoms with Gasteiger partial charge in [-0.2, -0.15) is 0 Å². The van der Waals surface area contributed by atoms with Crippen molar-refractivity contribution in [3.8, 4) is 0 Å². The highest BCUT2D eigenvalue weighted by molar-refractivity contribution is 14.0. The summed E-state index contributed by atoms with van der Waals surface area (Å²) in [5.41, 5.74) is 1.41. The van der Waals surface area contributed by atoms with Crippen molar-refractivity contribution < 1.29 is 4.74 Å². The Morgan fingerprint density at radius 2 is 2.07 bits per heavy atom. The molecule has 2 aliphatic rings. The first-order chi connectivity index (χ1) is 13.7. The van der Waals surface area contributed by atoms with Gasteiger partial charge in [0.05, 0.1) is 6.10 Å². The van der Waals surface area contributed by atoms with Crippen molar-refractivity contribution in [3.05, 3.63) is 47.5 Å². The van der Waals surface area contributed by atoms with Crippen LogP contribution < -0.4 is 5.32 Å². The van der Waals surface area contributed by atoms with E-state index in [-0.39, 0.29) is 30.1 Å². The lowest BCUT2D eigenvalue weighted by molar-refractivity contribution is 0.113. The lowest BCUT2D eigenvalue weighted by atomic mass is 9.99. The van der Waals surface area contributed by atoms with Gasteiger partial charge in [0.1, 0.15) is 12.4 Å². The number of likely N-dealkylation sites (tertiary alicyclic amines) is 1. The van der Waals surface area contributed by atoms with Crippen molar-refractivity contribution in [1.82, 2.24) is 25.0 Å². The molecule has 2 unspecified atom stereocenters. The minimum absolute atomic E-state index is 0. The molecule has 1 N–H and O–H groups in total. The van der Waals surface area contributed by atoms with Crippen LogP contribution in [0.15, 0.2) is 35.3 Å². The van der Waals surface area contributed by atoms with Gasteiger partial charge in [-0.3, -0.25) is 0 Å². The first kappa shape index (κ1) is 22.0. The summed E-state index contributed by atoms with van der Waals surface area (Å²) in [6.07, 6.45) is 3.70. The average Bonchev–Trinajstić information content (AvgIpc) is 3.47. The van der Waals surface area contributed by atoms with E-state index in [0.29, 0.717) is 12.5 Å². The van der Waals surface area contributed by atoms with Gasteiger partial charge in [-0.05, 0) is 31.7 Å². The Labute approximate surface area is 190 Å². The van der Waals surface area contributed by atoms with Crippen molar-refractivity contribution in [2.45, 2.75) is 44.8 Å². The fourth-order valence-corrected chi connectivity index (χ4v) is 3.96. The molecule has 1 aromatic heterocycles. The smallest absolute Gasteiger partial charge is 0.194 e. The summed E-state index contributed by atoms with van der Waals surface area (Å²) in [5.74, 6) is 3.29. The Morgan fingerprint density at radius 1 is 1.24 bits per heavy atom. The fourth-order valence-electron chi connectivity index (χ4n) is 3.96. The van der Waals surface area contributed by atoms with Crippen LogP contribution in [-0.2, 0) is 18.3 Å². The monoisotopic (exact) mass is 510 g/mol. The highest BCUT2D eigenvalue weighted by Gasteiger charge is 2.27. The normalized spacial score (nSPS) is 22.0. The van der Waals surface area contributed by atoms with Crippen LogP contribution in [0.2, 0.25) is 0 Å². The molecule has 4 rings (SSSR count). The second-order valence-electron chi connectivity index (χ2n) is 7.72. The zero-order valence-electron chi connectivity index (χ0n) is 17.3. The van der Waals surface area contributed by atoms with Crippen LogP contribution >= 0.6 is 24.0 Å². The van der Waals surface area contributed by atoms with Gasteiger partial charge in [0, 0.05) is 39.2 Å². The Kier molecular flexibility index (Phi) is 7.88. The van der Waals surface area contributed by atoms with E-state index >= 15 is 0 Å². The Morgan fingerprint density at radius 3 is 2.76 bits per heavy atom. The number of nitrogens with one attached hydrogen (secondary N) is 1. The molecule has 1 aromatic carbocycles. The molecule has 8 heteroatoms. The third-order valence-corrected chi connectivity index (χ3v) is 5.82. The molecule has 0 radical (unpaired) electrons. The number of benzene rings is 1. The molecule has 2 aliphatic heterocycles. The molecule has 3 heterocycles. The summed E-state index contributed by atoms with van der Waals surface area (Å²) >= 11 is 0. The third-order valence-electron chi connectivity index (χ3n) is 5.82. The zero-order valence-corrected chi connectivity index (χ0v) is 19.6. The maximum absolute atomic E-state index is 5.78. The minimum atomic E-state index is 0. The number of aliphatic imine (C=N–C) groups is 1. The summed E-state index contributed by atoms with van der Waals surface area (Å²) in [6, 6.07) is 10.8. The molecule has 2 saturated heterocycles. The van der Waals surface area contributed by atoms with Gasteiger partial charge in [0.2, 0.25) is 0 Å². The second kappa shape index (κ2) is 10.4.